The molecule has 18 heavy (non-hydrogen) atoms. The Morgan fingerprint density at radius 3 is 2.72 bits per heavy atom. The minimum atomic E-state index is -0.590. The van der Waals surface area contributed by atoms with Gasteiger partial charge in [0.1, 0.15) is 6.10 Å². The molecule has 2 atom stereocenters. The lowest BCUT2D eigenvalue weighted by Crippen LogP contribution is -2.31. The predicted octanol–water partition coefficient (Wildman–Crippen LogP) is 2.65. The highest BCUT2D eigenvalue weighted by Crippen LogP contribution is 2.25. The van der Waals surface area contributed by atoms with Crippen molar-refractivity contribution < 1.29 is 14.3 Å². The molecule has 0 aromatic heterocycles. The number of allylic oxidation sites excluding steroid dienone is 1. The maximum atomic E-state index is 11.8. The molecule has 0 aliphatic heterocycles. The summed E-state index contributed by atoms with van der Waals surface area (Å²) in [7, 11) is 3.47. The zero-order chi connectivity index (χ0) is 13.5. The van der Waals surface area contributed by atoms with Crippen LogP contribution in [0.4, 0.5) is 4.79 Å². The van der Waals surface area contributed by atoms with Crippen LogP contribution in [-0.4, -0.2) is 36.3 Å². The maximum Gasteiger partial charge on any atom is 0.364 e. The van der Waals surface area contributed by atoms with E-state index in [0.29, 0.717) is 6.42 Å². The maximum absolute atomic E-state index is 11.8. The van der Waals surface area contributed by atoms with E-state index in [1.54, 1.807) is 19.0 Å². The first-order chi connectivity index (χ1) is 8.50. The molecule has 102 valence electrons. The molecule has 0 aromatic rings. The van der Waals surface area contributed by atoms with Crippen molar-refractivity contribution in [3.8, 4) is 0 Å². The number of carbonyl (C=O) groups excluding carboxylic acids is 2. The van der Waals surface area contributed by atoms with Crippen LogP contribution in [0, 0.1) is 5.92 Å². The molecule has 4 nitrogen and oxygen atoms in total. The van der Waals surface area contributed by atoms with Gasteiger partial charge in [0.15, 0.2) is 0 Å². The van der Waals surface area contributed by atoms with Crippen LogP contribution in [0.3, 0.4) is 0 Å². The molecule has 1 rings (SSSR count). The summed E-state index contributed by atoms with van der Waals surface area (Å²) in [6, 6.07) is 0. The second-order valence-electron chi connectivity index (χ2n) is 4.81. The van der Waals surface area contributed by atoms with Gasteiger partial charge in [-0.05, 0) is 25.3 Å². The molecule has 1 aliphatic rings. The lowest BCUT2D eigenvalue weighted by molar-refractivity contribution is -0.130. The van der Waals surface area contributed by atoms with E-state index in [0.717, 1.165) is 25.7 Å². The van der Waals surface area contributed by atoms with Gasteiger partial charge in [0, 0.05) is 26.4 Å². The lowest BCUT2D eigenvalue weighted by atomic mass is 9.89. The zero-order valence-electron chi connectivity index (χ0n) is 11.0. The van der Waals surface area contributed by atoms with Crippen LogP contribution in [0.1, 0.15) is 32.1 Å². The third kappa shape index (κ3) is 5.12. The van der Waals surface area contributed by atoms with E-state index >= 15 is 0 Å². The summed E-state index contributed by atoms with van der Waals surface area (Å²) in [6.45, 7) is 0. The molecule has 0 aromatic carbocycles. The molecular formula is C13H21NO3S. The third-order valence-corrected chi connectivity index (χ3v) is 3.26. The Morgan fingerprint density at radius 2 is 2.11 bits per heavy atom. The Morgan fingerprint density at radius 1 is 1.39 bits per heavy atom. The summed E-state index contributed by atoms with van der Waals surface area (Å²) >= 11 is 3.65. The molecule has 2 unspecified atom stereocenters. The highest BCUT2D eigenvalue weighted by molar-refractivity contribution is 7.96. The Kier molecular flexibility index (Phi) is 6.25. The van der Waals surface area contributed by atoms with Gasteiger partial charge in [0.2, 0.25) is 5.91 Å². The largest absolute Gasteiger partial charge is 0.450 e. The van der Waals surface area contributed by atoms with E-state index in [-0.39, 0.29) is 17.9 Å². The van der Waals surface area contributed by atoms with Crippen molar-refractivity contribution in [3.05, 3.63) is 12.2 Å². The molecular weight excluding hydrogens is 250 g/mol. The third-order valence-electron chi connectivity index (χ3n) is 3.16. The van der Waals surface area contributed by atoms with Crippen LogP contribution >= 0.6 is 12.6 Å². The molecule has 0 bridgehead atoms. The standard InChI is InChI=1S/C13H21NO3S/c1-14(2)12(15)9-10-7-5-3-4-6-8-11(10)17-13(16)18/h6,8,10-11H,3-5,7,9H2,1-2H3,(H,16,18). The molecule has 0 saturated carbocycles. The average molecular weight is 271 g/mol. The van der Waals surface area contributed by atoms with Crippen LogP contribution < -0.4 is 0 Å². The van der Waals surface area contributed by atoms with Crippen molar-refractivity contribution in [2.24, 2.45) is 5.92 Å². The summed E-state index contributed by atoms with van der Waals surface area (Å²) < 4.78 is 5.19. The van der Waals surface area contributed by atoms with Crippen LogP contribution in [0.25, 0.3) is 0 Å². The quantitative estimate of drug-likeness (QED) is 0.487. The summed E-state index contributed by atoms with van der Waals surface area (Å²) in [5.41, 5.74) is 0. The highest BCUT2D eigenvalue weighted by atomic mass is 32.1. The average Bonchev–Trinajstić information content (AvgIpc) is 2.26. The van der Waals surface area contributed by atoms with Crippen molar-refractivity contribution >= 4 is 23.8 Å². The number of carbonyl (C=O) groups is 2. The smallest absolute Gasteiger partial charge is 0.364 e. The van der Waals surface area contributed by atoms with Gasteiger partial charge in [0.25, 0.3) is 0 Å². The molecule has 0 fully saturated rings. The van der Waals surface area contributed by atoms with Gasteiger partial charge < -0.3 is 9.64 Å². The molecule has 5 heteroatoms. The predicted molar refractivity (Wildman–Crippen MR) is 73.7 cm³/mol. The van der Waals surface area contributed by atoms with Gasteiger partial charge in [-0.1, -0.05) is 25.1 Å². The summed E-state index contributed by atoms with van der Waals surface area (Å²) in [6.07, 6.45) is 8.04. The second-order valence-corrected chi connectivity index (χ2v) is 5.18. The van der Waals surface area contributed by atoms with Crippen LogP contribution in [0.5, 0.6) is 0 Å². The molecule has 1 amide bonds. The molecule has 1 aliphatic carbocycles. The number of thiol groups is 1. The van der Waals surface area contributed by atoms with E-state index in [1.165, 1.54) is 0 Å². The van der Waals surface area contributed by atoms with Gasteiger partial charge in [-0.3, -0.25) is 4.79 Å². The van der Waals surface area contributed by atoms with Crippen molar-refractivity contribution in [1.29, 1.82) is 0 Å². The minimum Gasteiger partial charge on any atom is -0.450 e. The Labute approximate surface area is 114 Å². The summed E-state index contributed by atoms with van der Waals surface area (Å²) in [5.74, 6) is 0.113. The zero-order valence-corrected chi connectivity index (χ0v) is 11.9. The highest BCUT2D eigenvalue weighted by Gasteiger charge is 2.26. The van der Waals surface area contributed by atoms with Crippen LogP contribution in [-0.2, 0) is 9.53 Å². The first-order valence-corrected chi connectivity index (χ1v) is 6.72. The van der Waals surface area contributed by atoms with E-state index in [4.69, 9.17) is 4.74 Å². The Hall–Kier alpha value is -0.970. The fourth-order valence-corrected chi connectivity index (χ4v) is 2.22. The number of amides is 1. The van der Waals surface area contributed by atoms with Gasteiger partial charge in [-0.2, -0.15) is 0 Å². The van der Waals surface area contributed by atoms with Crippen molar-refractivity contribution in [1.82, 2.24) is 4.90 Å². The summed E-state index contributed by atoms with van der Waals surface area (Å²) in [5, 5.41) is -0.590. The van der Waals surface area contributed by atoms with Crippen molar-refractivity contribution in [3.63, 3.8) is 0 Å². The topological polar surface area (TPSA) is 46.6 Å². The van der Waals surface area contributed by atoms with E-state index in [1.807, 2.05) is 12.2 Å². The normalized spacial score (nSPS) is 23.9. The van der Waals surface area contributed by atoms with Crippen molar-refractivity contribution in [2.75, 3.05) is 14.1 Å². The molecule has 0 saturated heterocycles. The number of hydrogen-bond donors (Lipinski definition) is 1. The molecule has 0 radical (unpaired) electrons. The summed E-state index contributed by atoms with van der Waals surface area (Å²) in [4.78, 5) is 24.3. The monoisotopic (exact) mass is 271 g/mol. The van der Waals surface area contributed by atoms with Gasteiger partial charge >= 0.3 is 5.30 Å². The molecule has 0 N–H and O–H groups in total. The lowest BCUT2D eigenvalue weighted by Gasteiger charge is -2.26. The Bertz CT molecular complexity index is 328. The van der Waals surface area contributed by atoms with Gasteiger partial charge in [-0.15, -0.1) is 0 Å². The van der Waals surface area contributed by atoms with Gasteiger partial charge in [-0.25, -0.2) is 4.79 Å². The van der Waals surface area contributed by atoms with E-state index in [9.17, 15) is 9.59 Å². The first-order valence-electron chi connectivity index (χ1n) is 6.27. The SMILES string of the molecule is CN(C)C(=O)CC1CCCCC=CC1OC(=O)S. The van der Waals surface area contributed by atoms with E-state index < -0.39 is 5.30 Å². The van der Waals surface area contributed by atoms with Crippen molar-refractivity contribution in [2.45, 2.75) is 38.2 Å². The second kappa shape index (κ2) is 7.46. The van der Waals surface area contributed by atoms with Gasteiger partial charge in [0.05, 0.1) is 0 Å². The first kappa shape index (κ1) is 15.1. The fraction of sp³-hybridized carbons (Fsp3) is 0.692. The van der Waals surface area contributed by atoms with Crippen LogP contribution in [0.15, 0.2) is 12.2 Å². The minimum absolute atomic E-state index is 0.0487. The number of hydrogen-bond acceptors (Lipinski definition) is 3. The Balaban J connectivity index is 2.72. The number of rotatable bonds is 3. The molecule has 0 spiro atoms. The number of nitrogens with zero attached hydrogens (tertiary/aromatic N) is 1. The van der Waals surface area contributed by atoms with E-state index in [2.05, 4.69) is 12.6 Å². The fourth-order valence-electron chi connectivity index (χ4n) is 2.10. The number of ether oxygens (including phenoxy) is 1. The van der Waals surface area contributed by atoms with Crippen LogP contribution in [0.2, 0.25) is 0 Å². The molecule has 0 heterocycles.